The van der Waals surface area contributed by atoms with Crippen LogP contribution in [-0.2, 0) is 0 Å². The first-order valence-corrected chi connectivity index (χ1v) is 5.67. The summed E-state index contributed by atoms with van der Waals surface area (Å²) < 4.78 is 0. The van der Waals surface area contributed by atoms with Crippen LogP contribution >= 0.6 is 0 Å². The molecule has 0 aromatic heterocycles. The third kappa shape index (κ3) is 1.74. The molecule has 1 aliphatic rings. The van der Waals surface area contributed by atoms with E-state index >= 15 is 0 Å². The van der Waals surface area contributed by atoms with Crippen molar-refractivity contribution in [3.8, 4) is 0 Å². The van der Waals surface area contributed by atoms with Gasteiger partial charge >= 0.3 is 0 Å². The van der Waals surface area contributed by atoms with E-state index in [9.17, 15) is 5.11 Å². The Morgan fingerprint density at radius 2 is 2.27 bits per heavy atom. The minimum atomic E-state index is -0.262. The molecule has 15 heavy (non-hydrogen) atoms. The van der Waals surface area contributed by atoms with Crippen LogP contribution in [0, 0.1) is 6.92 Å². The largest absolute Gasteiger partial charge is 0.393 e. The lowest BCUT2D eigenvalue weighted by molar-refractivity contribution is 0.167. The maximum atomic E-state index is 9.78. The van der Waals surface area contributed by atoms with Crippen LogP contribution in [0.5, 0.6) is 0 Å². The Labute approximate surface area is 91.5 Å². The Balaban J connectivity index is 2.43. The lowest BCUT2D eigenvalue weighted by Gasteiger charge is -2.18. The number of likely N-dealkylation sites (N-methyl/N-ethyl adjacent to an activating group) is 1. The number of fused-ring (bicyclic) bond motifs is 1. The summed E-state index contributed by atoms with van der Waals surface area (Å²) in [4.78, 5) is 2.34. The Bertz CT molecular complexity index is 360. The molecule has 1 N–H and O–H groups in total. The van der Waals surface area contributed by atoms with Gasteiger partial charge in [0.25, 0.3) is 0 Å². The number of hydrogen-bond acceptors (Lipinski definition) is 2. The molecule has 82 valence electrons. The van der Waals surface area contributed by atoms with Crippen LogP contribution < -0.4 is 4.90 Å². The van der Waals surface area contributed by atoms with Crippen LogP contribution in [0.4, 0.5) is 5.69 Å². The quantitative estimate of drug-likeness (QED) is 0.800. The lowest BCUT2D eigenvalue weighted by atomic mass is 9.95. The van der Waals surface area contributed by atoms with Crippen LogP contribution in [-0.4, -0.2) is 24.3 Å². The Kier molecular flexibility index (Phi) is 2.70. The zero-order valence-electron chi connectivity index (χ0n) is 9.70. The van der Waals surface area contributed by atoms with Crippen molar-refractivity contribution < 1.29 is 5.11 Å². The van der Waals surface area contributed by atoms with E-state index in [4.69, 9.17) is 0 Å². The molecular formula is C13H19NO. The number of benzene rings is 1. The maximum Gasteiger partial charge on any atom is 0.0598 e. The highest BCUT2D eigenvalue weighted by molar-refractivity contribution is 5.61. The first kappa shape index (κ1) is 10.5. The zero-order valence-corrected chi connectivity index (χ0v) is 9.70. The number of rotatable bonds is 2. The molecule has 2 rings (SSSR count). The van der Waals surface area contributed by atoms with Crippen LogP contribution in [0.15, 0.2) is 18.2 Å². The predicted octanol–water partition coefficient (Wildman–Crippen LogP) is 2.30. The van der Waals surface area contributed by atoms with E-state index in [1.807, 2.05) is 6.92 Å². The first-order chi connectivity index (χ1) is 7.13. The van der Waals surface area contributed by atoms with Crippen molar-refractivity contribution in [2.24, 2.45) is 0 Å². The van der Waals surface area contributed by atoms with E-state index in [2.05, 4.69) is 36.9 Å². The van der Waals surface area contributed by atoms with Crippen molar-refractivity contribution in [1.82, 2.24) is 0 Å². The molecular weight excluding hydrogens is 186 g/mol. The van der Waals surface area contributed by atoms with Gasteiger partial charge in [0.15, 0.2) is 0 Å². The van der Waals surface area contributed by atoms with E-state index in [1.54, 1.807) is 0 Å². The van der Waals surface area contributed by atoms with Crippen LogP contribution in [0.25, 0.3) is 0 Å². The highest BCUT2D eigenvalue weighted by Gasteiger charge is 2.30. The molecule has 0 fully saturated rings. The second-order valence-corrected chi connectivity index (χ2v) is 4.45. The fourth-order valence-electron chi connectivity index (χ4n) is 2.40. The van der Waals surface area contributed by atoms with Crippen molar-refractivity contribution in [2.75, 3.05) is 18.0 Å². The van der Waals surface area contributed by atoms with Gasteiger partial charge in [-0.15, -0.1) is 0 Å². The summed E-state index contributed by atoms with van der Waals surface area (Å²) >= 11 is 0. The maximum absolute atomic E-state index is 9.78. The molecule has 0 spiro atoms. The smallest absolute Gasteiger partial charge is 0.0598 e. The second kappa shape index (κ2) is 3.86. The second-order valence-electron chi connectivity index (χ2n) is 4.45. The molecule has 2 atom stereocenters. The van der Waals surface area contributed by atoms with Gasteiger partial charge in [0.05, 0.1) is 6.10 Å². The van der Waals surface area contributed by atoms with Gasteiger partial charge in [-0.25, -0.2) is 0 Å². The molecule has 0 saturated heterocycles. The SMILES string of the molecule is CCN1CC(C(C)O)c2cc(C)ccc21. The summed E-state index contributed by atoms with van der Waals surface area (Å²) in [5.74, 6) is 0.278. The van der Waals surface area contributed by atoms with Crippen LogP contribution in [0.3, 0.4) is 0 Å². The molecule has 0 bridgehead atoms. The van der Waals surface area contributed by atoms with Gasteiger partial charge in [-0.2, -0.15) is 0 Å². The predicted molar refractivity (Wildman–Crippen MR) is 63.5 cm³/mol. The molecule has 1 aromatic rings. The van der Waals surface area contributed by atoms with Crippen molar-refractivity contribution in [2.45, 2.75) is 32.8 Å². The van der Waals surface area contributed by atoms with Gasteiger partial charge in [0.1, 0.15) is 0 Å². The number of hydrogen-bond donors (Lipinski definition) is 1. The molecule has 1 aromatic carbocycles. The van der Waals surface area contributed by atoms with Gasteiger partial charge < -0.3 is 10.0 Å². The number of aliphatic hydroxyl groups excluding tert-OH is 1. The molecule has 2 unspecified atom stereocenters. The average Bonchev–Trinajstić information content (AvgIpc) is 2.55. The standard InChI is InChI=1S/C13H19NO/c1-4-14-8-12(10(3)15)11-7-9(2)5-6-13(11)14/h5-7,10,12,15H,4,8H2,1-3H3. The Hall–Kier alpha value is -1.02. The van der Waals surface area contributed by atoms with Gasteiger partial charge in [0, 0.05) is 24.7 Å². The van der Waals surface area contributed by atoms with Crippen molar-refractivity contribution >= 4 is 5.69 Å². The number of aryl methyl sites for hydroxylation is 1. The summed E-state index contributed by atoms with van der Waals surface area (Å²) in [6, 6.07) is 6.53. The molecule has 0 aliphatic carbocycles. The highest BCUT2D eigenvalue weighted by Crippen LogP contribution is 2.38. The summed E-state index contributed by atoms with van der Waals surface area (Å²) in [5, 5.41) is 9.78. The Morgan fingerprint density at radius 1 is 1.53 bits per heavy atom. The van der Waals surface area contributed by atoms with E-state index in [0.29, 0.717) is 0 Å². The monoisotopic (exact) mass is 205 g/mol. The molecule has 2 nitrogen and oxygen atoms in total. The summed E-state index contributed by atoms with van der Waals surface area (Å²) in [6.07, 6.45) is -0.262. The molecule has 0 radical (unpaired) electrons. The normalized spacial score (nSPS) is 21.6. The summed E-state index contributed by atoms with van der Waals surface area (Å²) in [7, 11) is 0. The third-order valence-electron chi connectivity index (χ3n) is 3.30. The van der Waals surface area contributed by atoms with Gasteiger partial charge in [0.2, 0.25) is 0 Å². The van der Waals surface area contributed by atoms with E-state index in [0.717, 1.165) is 13.1 Å². The fourth-order valence-corrected chi connectivity index (χ4v) is 2.40. The lowest BCUT2D eigenvalue weighted by Crippen LogP contribution is -2.25. The van der Waals surface area contributed by atoms with Crippen LogP contribution in [0.2, 0.25) is 0 Å². The third-order valence-corrected chi connectivity index (χ3v) is 3.30. The van der Waals surface area contributed by atoms with Gasteiger partial charge in [-0.1, -0.05) is 17.7 Å². The molecule has 1 aliphatic heterocycles. The minimum Gasteiger partial charge on any atom is -0.393 e. The van der Waals surface area contributed by atoms with Crippen LogP contribution in [0.1, 0.15) is 30.9 Å². The van der Waals surface area contributed by atoms with Crippen molar-refractivity contribution in [1.29, 1.82) is 0 Å². The minimum absolute atomic E-state index is 0.262. The van der Waals surface area contributed by atoms with Gasteiger partial charge in [-0.3, -0.25) is 0 Å². The molecule has 0 saturated carbocycles. The van der Waals surface area contributed by atoms with Gasteiger partial charge in [-0.05, 0) is 32.4 Å². The topological polar surface area (TPSA) is 23.5 Å². The van der Waals surface area contributed by atoms with E-state index in [1.165, 1.54) is 16.8 Å². The molecule has 2 heteroatoms. The number of aliphatic hydroxyl groups is 1. The van der Waals surface area contributed by atoms with Crippen molar-refractivity contribution in [3.05, 3.63) is 29.3 Å². The zero-order chi connectivity index (χ0) is 11.0. The number of nitrogens with zero attached hydrogens (tertiary/aromatic N) is 1. The fraction of sp³-hybridized carbons (Fsp3) is 0.538. The molecule has 0 amide bonds. The number of anilines is 1. The molecule has 1 heterocycles. The average molecular weight is 205 g/mol. The van der Waals surface area contributed by atoms with E-state index in [-0.39, 0.29) is 12.0 Å². The summed E-state index contributed by atoms with van der Waals surface area (Å²) in [5.41, 5.74) is 3.89. The highest BCUT2D eigenvalue weighted by atomic mass is 16.3. The Morgan fingerprint density at radius 3 is 2.87 bits per heavy atom. The summed E-state index contributed by atoms with van der Waals surface area (Å²) in [6.45, 7) is 8.12. The first-order valence-electron chi connectivity index (χ1n) is 5.67. The van der Waals surface area contributed by atoms with Crippen molar-refractivity contribution in [3.63, 3.8) is 0 Å². The van der Waals surface area contributed by atoms with E-state index < -0.39 is 0 Å².